The Bertz CT molecular complexity index is 1240. The summed E-state index contributed by atoms with van der Waals surface area (Å²) < 4.78 is 0. The number of benzene rings is 2. The number of hydrogen-bond donors (Lipinski definition) is 1. The highest BCUT2D eigenvalue weighted by atomic mass is 16.2. The van der Waals surface area contributed by atoms with Crippen molar-refractivity contribution in [3.8, 4) is 0 Å². The van der Waals surface area contributed by atoms with E-state index in [2.05, 4.69) is 0 Å². The van der Waals surface area contributed by atoms with E-state index in [1.165, 1.54) is 12.1 Å². The van der Waals surface area contributed by atoms with Crippen LogP contribution in [0, 0.1) is 13.8 Å². The summed E-state index contributed by atoms with van der Waals surface area (Å²) in [6.07, 6.45) is 7.35. The number of nitrogens with two attached hydrogens (primary N) is 1. The Morgan fingerprint density at radius 1 is 0.625 bits per heavy atom. The van der Waals surface area contributed by atoms with Gasteiger partial charge in [0.2, 0.25) is 0 Å². The zero-order chi connectivity index (χ0) is 22.7. The van der Waals surface area contributed by atoms with Crippen LogP contribution in [0.4, 0.5) is 0 Å². The number of nitrogens with zero attached hydrogens (tertiary/aromatic N) is 1. The van der Waals surface area contributed by atoms with Crippen LogP contribution in [-0.2, 0) is 12.8 Å². The van der Waals surface area contributed by atoms with Crippen LogP contribution < -0.4 is 5.84 Å². The molecule has 2 aromatic rings. The van der Waals surface area contributed by atoms with Crippen molar-refractivity contribution >= 4 is 23.4 Å². The fourth-order valence-corrected chi connectivity index (χ4v) is 5.71. The van der Waals surface area contributed by atoms with Gasteiger partial charge >= 0.3 is 0 Å². The summed E-state index contributed by atoms with van der Waals surface area (Å²) in [7, 11) is 0. The van der Waals surface area contributed by atoms with Crippen molar-refractivity contribution in [1.82, 2.24) is 5.01 Å². The first-order chi connectivity index (χ1) is 15.3. The molecule has 0 aromatic heterocycles. The number of imide groups is 1. The molecule has 6 heteroatoms. The summed E-state index contributed by atoms with van der Waals surface area (Å²) in [6, 6.07) is 3.04. The molecule has 6 nitrogen and oxygen atoms in total. The third-order valence-electron chi connectivity index (χ3n) is 7.34. The Hall–Kier alpha value is -3.12. The smallest absolute Gasteiger partial charge is 0.275 e. The molecule has 0 atom stereocenters. The molecule has 0 spiro atoms. The summed E-state index contributed by atoms with van der Waals surface area (Å²) >= 11 is 0. The third kappa shape index (κ3) is 2.75. The molecule has 32 heavy (non-hydrogen) atoms. The van der Waals surface area contributed by atoms with Crippen LogP contribution in [-0.4, -0.2) is 28.4 Å². The number of hydrazine groups is 1. The van der Waals surface area contributed by atoms with Crippen LogP contribution in [0.5, 0.6) is 0 Å². The summed E-state index contributed by atoms with van der Waals surface area (Å²) in [5.41, 5.74) is 4.27. The van der Waals surface area contributed by atoms with Gasteiger partial charge in [-0.15, -0.1) is 0 Å². The van der Waals surface area contributed by atoms with Crippen molar-refractivity contribution in [2.24, 2.45) is 5.84 Å². The maximum atomic E-state index is 13.8. The Morgan fingerprint density at radius 3 is 1.84 bits per heavy atom. The molecule has 0 saturated heterocycles. The molecule has 1 aliphatic heterocycles. The fraction of sp³-hybridized carbons (Fsp3) is 0.385. The van der Waals surface area contributed by atoms with Crippen LogP contribution >= 0.6 is 0 Å². The lowest BCUT2D eigenvalue weighted by Gasteiger charge is -2.31. The average Bonchev–Trinajstić information content (AvgIpc) is 2.78. The fourth-order valence-electron chi connectivity index (χ4n) is 5.71. The monoisotopic (exact) mass is 430 g/mol. The van der Waals surface area contributed by atoms with Gasteiger partial charge in [0, 0.05) is 33.4 Å². The van der Waals surface area contributed by atoms with Gasteiger partial charge in [-0.3, -0.25) is 19.2 Å². The molecule has 0 radical (unpaired) electrons. The van der Waals surface area contributed by atoms with E-state index in [1.807, 2.05) is 0 Å². The predicted molar refractivity (Wildman–Crippen MR) is 119 cm³/mol. The third-order valence-corrected chi connectivity index (χ3v) is 7.34. The van der Waals surface area contributed by atoms with E-state index in [0.717, 1.165) is 49.7 Å². The van der Waals surface area contributed by atoms with Gasteiger partial charge < -0.3 is 0 Å². The van der Waals surface area contributed by atoms with Crippen molar-refractivity contribution < 1.29 is 19.2 Å². The Morgan fingerprint density at radius 2 is 1.19 bits per heavy atom. The first-order valence-electron chi connectivity index (χ1n) is 11.4. The Balaban J connectivity index is 1.93. The van der Waals surface area contributed by atoms with Gasteiger partial charge in [-0.05, 0) is 73.9 Å². The molecule has 1 heterocycles. The predicted octanol–water partition coefficient (Wildman–Crippen LogP) is 3.99. The molecule has 0 unspecified atom stereocenters. The SMILES string of the molecule is Cc1c2ccc3c1C(=O)c1c(C)c(c4c(c1C3=O)CCCCCCCC4)C(=O)N(N)C2=O. The van der Waals surface area contributed by atoms with E-state index in [0.29, 0.717) is 51.2 Å². The molecule has 0 saturated carbocycles. The van der Waals surface area contributed by atoms with Crippen LogP contribution in [0.25, 0.3) is 0 Å². The summed E-state index contributed by atoms with van der Waals surface area (Å²) in [5.74, 6) is 4.35. The largest absolute Gasteiger partial charge is 0.289 e. The topological polar surface area (TPSA) is 97.5 Å². The molecule has 5 rings (SSSR count). The normalized spacial score (nSPS) is 18.3. The van der Waals surface area contributed by atoms with Gasteiger partial charge in [0.25, 0.3) is 11.8 Å². The van der Waals surface area contributed by atoms with Crippen LogP contribution in [0.3, 0.4) is 0 Å². The molecule has 3 aliphatic rings. The number of fused-ring (bicyclic) bond motifs is 5. The van der Waals surface area contributed by atoms with Crippen LogP contribution in [0.1, 0.15) is 113 Å². The zero-order valence-corrected chi connectivity index (χ0v) is 18.5. The van der Waals surface area contributed by atoms with Gasteiger partial charge in [0.1, 0.15) is 0 Å². The minimum absolute atomic E-state index is 0.170. The maximum Gasteiger partial charge on any atom is 0.275 e. The van der Waals surface area contributed by atoms with Gasteiger partial charge in [0.15, 0.2) is 11.6 Å². The zero-order valence-electron chi connectivity index (χ0n) is 18.5. The molecule has 2 aliphatic carbocycles. The van der Waals surface area contributed by atoms with Gasteiger partial charge in [-0.1, -0.05) is 25.7 Å². The van der Waals surface area contributed by atoms with E-state index < -0.39 is 11.8 Å². The molecular weight excluding hydrogens is 404 g/mol. The van der Waals surface area contributed by atoms with Crippen molar-refractivity contribution in [1.29, 1.82) is 0 Å². The first kappa shape index (κ1) is 20.8. The Kier molecular flexibility index (Phi) is 4.86. The highest BCUT2D eigenvalue weighted by Gasteiger charge is 2.41. The number of hydrogen-bond acceptors (Lipinski definition) is 5. The van der Waals surface area contributed by atoms with Crippen LogP contribution in [0.2, 0.25) is 0 Å². The van der Waals surface area contributed by atoms with E-state index in [-0.39, 0.29) is 22.7 Å². The number of rotatable bonds is 0. The van der Waals surface area contributed by atoms with Crippen molar-refractivity contribution in [2.45, 2.75) is 65.2 Å². The lowest BCUT2D eigenvalue weighted by molar-refractivity contribution is 0.0613. The van der Waals surface area contributed by atoms with Gasteiger partial charge in [-0.25, -0.2) is 10.9 Å². The lowest BCUT2D eigenvalue weighted by atomic mass is 9.72. The standard InChI is InChI=1S/C26H26N2O4/c1-13-15-11-12-18-19(13)24(30)21-14(2)20(26(32)28(27)25(15)31)16-9-7-5-3-4-6-8-10-17(16)22(21)23(18)29/h11-12H,3-10,27H2,1-2H3. The molecule has 2 aromatic carbocycles. The number of ketones is 2. The molecule has 2 N–H and O–H groups in total. The highest BCUT2D eigenvalue weighted by Crippen LogP contribution is 2.40. The second-order valence-electron chi connectivity index (χ2n) is 9.13. The number of amides is 2. The van der Waals surface area contributed by atoms with Gasteiger partial charge in [-0.2, -0.15) is 0 Å². The minimum Gasteiger partial charge on any atom is -0.289 e. The van der Waals surface area contributed by atoms with Crippen molar-refractivity contribution in [2.75, 3.05) is 0 Å². The highest BCUT2D eigenvalue weighted by molar-refractivity contribution is 6.32. The molecule has 164 valence electrons. The van der Waals surface area contributed by atoms with E-state index in [4.69, 9.17) is 5.84 Å². The number of carbonyl (C=O) groups excluding carboxylic acids is 4. The maximum absolute atomic E-state index is 13.8. The molecule has 2 amide bonds. The van der Waals surface area contributed by atoms with Crippen molar-refractivity contribution in [3.63, 3.8) is 0 Å². The van der Waals surface area contributed by atoms with Crippen molar-refractivity contribution in [3.05, 3.63) is 67.8 Å². The van der Waals surface area contributed by atoms with E-state index >= 15 is 0 Å². The molecule has 0 fully saturated rings. The summed E-state index contributed by atoms with van der Waals surface area (Å²) in [6.45, 7) is 3.35. The quantitative estimate of drug-likeness (QED) is 0.330. The van der Waals surface area contributed by atoms with Gasteiger partial charge in [0.05, 0.1) is 0 Å². The summed E-state index contributed by atoms with van der Waals surface area (Å²) in [4.78, 5) is 54.3. The molecule has 4 bridgehead atoms. The average molecular weight is 431 g/mol. The second kappa shape index (κ2) is 7.48. The van der Waals surface area contributed by atoms with E-state index in [9.17, 15) is 19.2 Å². The minimum atomic E-state index is -0.665. The lowest BCUT2D eigenvalue weighted by Crippen LogP contribution is -2.45. The first-order valence-corrected chi connectivity index (χ1v) is 11.4. The second-order valence-corrected chi connectivity index (χ2v) is 9.13. The Labute approximate surface area is 186 Å². The molecular formula is C26H26N2O4. The number of carbonyl (C=O) groups is 4. The van der Waals surface area contributed by atoms with E-state index in [1.54, 1.807) is 13.8 Å². The van der Waals surface area contributed by atoms with Crippen LogP contribution in [0.15, 0.2) is 12.1 Å². The summed E-state index contributed by atoms with van der Waals surface area (Å²) in [5, 5.41) is 0.677.